The minimum Gasteiger partial charge on any atom is -0.466 e. The molecule has 0 spiro atoms. The highest BCUT2D eigenvalue weighted by Gasteiger charge is 2.35. The molecule has 0 amide bonds. The van der Waals surface area contributed by atoms with Crippen molar-refractivity contribution in [1.82, 2.24) is 4.90 Å². The number of hydrogen-bond acceptors (Lipinski definition) is 7. The van der Waals surface area contributed by atoms with Crippen molar-refractivity contribution in [2.45, 2.75) is 82.2 Å². The smallest absolute Gasteiger partial charge is 0.308 e. The van der Waals surface area contributed by atoms with E-state index in [0.717, 1.165) is 70.5 Å². The molecule has 3 heterocycles. The minimum atomic E-state index is -0.0985. The number of hydrogen-bond donors (Lipinski definition) is 0. The van der Waals surface area contributed by atoms with Crippen LogP contribution in [0.3, 0.4) is 0 Å². The van der Waals surface area contributed by atoms with Crippen LogP contribution in [0, 0.1) is 5.92 Å². The Hall–Kier alpha value is -0.790. The number of esters is 2. The molecule has 28 heavy (non-hydrogen) atoms. The van der Waals surface area contributed by atoms with Crippen molar-refractivity contribution in [3.63, 3.8) is 0 Å². The van der Waals surface area contributed by atoms with Crippen molar-refractivity contribution >= 4 is 23.7 Å². The first-order valence-electron chi connectivity index (χ1n) is 10.9. The summed E-state index contributed by atoms with van der Waals surface area (Å²) in [7, 11) is 0. The van der Waals surface area contributed by atoms with Gasteiger partial charge < -0.3 is 14.2 Å². The Morgan fingerprint density at radius 3 is 2.86 bits per heavy atom. The standard InChI is InChI=1S/C21H35NO5S/c1-2-3-10-25-17-12-19(27-21(24)13-17)16-5-4-8-22(9-6-16)15-28-18-7-11-26-20(23)14-18/h16-19H,2-15H2,1H3. The topological polar surface area (TPSA) is 65.1 Å². The number of unbranched alkanes of at least 4 members (excludes halogenated alkanes) is 1. The zero-order chi connectivity index (χ0) is 19.8. The van der Waals surface area contributed by atoms with Gasteiger partial charge in [-0.1, -0.05) is 13.3 Å². The molecule has 3 saturated heterocycles. The highest BCUT2D eigenvalue weighted by Crippen LogP contribution is 2.31. The number of carbonyl (C=O) groups is 2. The molecule has 4 unspecified atom stereocenters. The molecule has 3 aliphatic rings. The van der Waals surface area contributed by atoms with Crippen LogP contribution in [-0.2, 0) is 23.8 Å². The first kappa shape index (κ1) is 21.9. The van der Waals surface area contributed by atoms with Gasteiger partial charge in [-0.2, -0.15) is 0 Å². The van der Waals surface area contributed by atoms with E-state index in [1.165, 1.54) is 0 Å². The quantitative estimate of drug-likeness (QED) is 0.446. The van der Waals surface area contributed by atoms with E-state index < -0.39 is 0 Å². The first-order valence-corrected chi connectivity index (χ1v) is 12.0. The van der Waals surface area contributed by atoms with Crippen LogP contribution in [0.15, 0.2) is 0 Å². The van der Waals surface area contributed by atoms with Crippen LogP contribution in [0.25, 0.3) is 0 Å². The summed E-state index contributed by atoms with van der Waals surface area (Å²) < 4.78 is 16.7. The molecule has 4 atom stereocenters. The Balaban J connectivity index is 1.42. The maximum atomic E-state index is 12.1. The van der Waals surface area contributed by atoms with Gasteiger partial charge in [-0.3, -0.25) is 14.5 Å². The summed E-state index contributed by atoms with van der Waals surface area (Å²) >= 11 is 1.89. The Labute approximate surface area is 173 Å². The Morgan fingerprint density at radius 2 is 2.04 bits per heavy atom. The molecule has 7 heteroatoms. The summed E-state index contributed by atoms with van der Waals surface area (Å²) in [5.41, 5.74) is 0. The number of rotatable bonds is 8. The van der Waals surface area contributed by atoms with E-state index in [4.69, 9.17) is 14.2 Å². The van der Waals surface area contributed by atoms with Crippen LogP contribution in [-0.4, -0.2) is 66.5 Å². The Morgan fingerprint density at radius 1 is 1.14 bits per heavy atom. The maximum Gasteiger partial charge on any atom is 0.308 e. The molecule has 160 valence electrons. The molecular formula is C21H35NO5S. The number of cyclic esters (lactones) is 2. The van der Waals surface area contributed by atoms with Crippen LogP contribution in [0.5, 0.6) is 0 Å². The third-order valence-electron chi connectivity index (χ3n) is 6.00. The minimum absolute atomic E-state index is 0.00796. The number of thioether (sulfide) groups is 1. The van der Waals surface area contributed by atoms with Gasteiger partial charge >= 0.3 is 11.9 Å². The molecule has 3 rings (SSSR count). The Bertz CT molecular complexity index is 517. The van der Waals surface area contributed by atoms with E-state index >= 15 is 0 Å². The van der Waals surface area contributed by atoms with Crippen molar-refractivity contribution < 1.29 is 23.8 Å². The molecule has 0 aromatic carbocycles. The van der Waals surface area contributed by atoms with Crippen molar-refractivity contribution in [1.29, 1.82) is 0 Å². The van der Waals surface area contributed by atoms with Gasteiger partial charge in [-0.15, -0.1) is 11.8 Å². The second-order valence-corrected chi connectivity index (χ2v) is 9.51. The summed E-state index contributed by atoms with van der Waals surface area (Å²) in [6.45, 7) is 5.57. The van der Waals surface area contributed by atoms with Crippen LogP contribution in [0.2, 0.25) is 0 Å². The van der Waals surface area contributed by atoms with Gasteiger partial charge in [0.2, 0.25) is 0 Å². The predicted octanol–water partition coefficient (Wildman–Crippen LogP) is 3.38. The molecule has 3 aliphatic heterocycles. The van der Waals surface area contributed by atoms with Gasteiger partial charge in [-0.25, -0.2) is 0 Å². The fourth-order valence-corrected chi connectivity index (χ4v) is 5.49. The molecule has 0 saturated carbocycles. The van der Waals surface area contributed by atoms with Gasteiger partial charge in [0, 0.05) is 24.2 Å². The largest absolute Gasteiger partial charge is 0.466 e. The zero-order valence-electron chi connectivity index (χ0n) is 17.1. The fraction of sp³-hybridized carbons (Fsp3) is 0.905. The number of nitrogens with zero attached hydrogens (tertiary/aromatic N) is 1. The van der Waals surface area contributed by atoms with Crippen molar-refractivity contribution in [2.75, 3.05) is 32.2 Å². The molecule has 3 fully saturated rings. The zero-order valence-corrected chi connectivity index (χ0v) is 17.9. The third-order valence-corrected chi connectivity index (χ3v) is 7.39. The van der Waals surface area contributed by atoms with Crippen LogP contribution >= 0.6 is 11.8 Å². The lowest BCUT2D eigenvalue weighted by Crippen LogP contribution is -2.39. The molecular weight excluding hydrogens is 378 g/mol. The van der Waals surface area contributed by atoms with E-state index in [-0.39, 0.29) is 24.1 Å². The summed E-state index contributed by atoms with van der Waals surface area (Å²) in [6.07, 6.45) is 8.25. The lowest BCUT2D eigenvalue weighted by atomic mass is 9.88. The summed E-state index contributed by atoms with van der Waals surface area (Å²) in [5.74, 6) is 1.24. The van der Waals surface area contributed by atoms with Crippen molar-refractivity contribution in [2.24, 2.45) is 5.92 Å². The molecule has 0 aromatic heterocycles. The number of ether oxygens (including phenoxy) is 3. The van der Waals surface area contributed by atoms with Crippen LogP contribution in [0.1, 0.15) is 64.7 Å². The predicted molar refractivity (Wildman–Crippen MR) is 109 cm³/mol. The Kier molecular flexibility index (Phi) is 8.93. The summed E-state index contributed by atoms with van der Waals surface area (Å²) in [4.78, 5) is 26.0. The molecule has 0 radical (unpaired) electrons. The molecule has 0 aliphatic carbocycles. The van der Waals surface area contributed by atoms with Gasteiger partial charge in [-0.05, 0) is 51.1 Å². The van der Waals surface area contributed by atoms with E-state index in [1.54, 1.807) is 0 Å². The maximum absolute atomic E-state index is 12.1. The van der Waals surface area contributed by atoms with Crippen molar-refractivity contribution in [3.05, 3.63) is 0 Å². The summed E-state index contributed by atoms with van der Waals surface area (Å²) in [6, 6.07) is 0. The van der Waals surface area contributed by atoms with Crippen LogP contribution < -0.4 is 0 Å². The molecule has 0 bridgehead atoms. The van der Waals surface area contributed by atoms with E-state index in [0.29, 0.717) is 30.6 Å². The summed E-state index contributed by atoms with van der Waals surface area (Å²) in [5, 5.41) is 0.389. The number of likely N-dealkylation sites (tertiary alicyclic amines) is 1. The third kappa shape index (κ3) is 6.92. The van der Waals surface area contributed by atoms with Gasteiger partial charge in [0.15, 0.2) is 0 Å². The van der Waals surface area contributed by atoms with Gasteiger partial charge in [0.25, 0.3) is 0 Å². The second-order valence-electron chi connectivity index (χ2n) is 8.25. The van der Waals surface area contributed by atoms with Gasteiger partial charge in [0.05, 0.1) is 25.6 Å². The van der Waals surface area contributed by atoms with E-state index in [9.17, 15) is 9.59 Å². The van der Waals surface area contributed by atoms with E-state index in [2.05, 4.69) is 11.8 Å². The number of carbonyl (C=O) groups excluding carboxylic acids is 2. The fourth-order valence-electron chi connectivity index (χ4n) is 4.29. The molecule has 0 N–H and O–H groups in total. The molecule has 0 aromatic rings. The monoisotopic (exact) mass is 413 g/mol. The normalized spacial score (nSPS) is 32.5. The highest BCUT2D eigenvalue weighted by atomic mass is 32.2. The lowest BCUT2D eigenvalue weighted by Gasteiger charge is -2.33. The molecule has 6 nitrogen and oxygen atoms in total. The van der Waals surface area contributed by atoms with Crippen LogP contribution in [0.4, 0.5) is 0 Å². The average Bonchev–Trinajstić information content (AvgIpc) is 2.92. The highest BCUT2D eigenvalue weighted by molar-refractivity contribution is 7.99. The van der Waals surface area contributed by atoms with Gasteiger partial charge in [0.1, 0.15) is 6.10 Å². The SMILES string of the molecule is CCCCOC1CC(=O)OC(C2CCCN(CSC3CCOC(=O)C3)CC2)C1. The second kappa shape index (κ2) is 11.4. The first-order chi connectivity index (χ1) is 13.6. The van der Waals surface area contributed by atoms with Crippen molar-refractivity contribution in [3.8, 4) is 0 Å². The van der Waals surface area contributed by atoms with E-state index in [1.807, 2.05) is 11.8 Å². The lowest BCUT2D eigenvalue weighted by molar-refractivity contribution is -0.167. The average molecular weight is 414 g/mol.